The minimum absolute atomic E-state index is 0.154. The van der Waals surface area contributed by atoms with Crippen LogP contribution in [0.1, 0.15) is 76.9 Å². The van der Waals surface area contributed by atoms with Crippen LogP contribution in [0.15, 0.2) is 4.52 Å². The zero-order valence-corrected chi connectivity index (χ0v) is 17.9. The van der Waals surface area contributed by atoms with Crippen molar-refractivity contribution >= 4 is 18.0 Å². The number of likely N-dealkylation sites (tertiary alicyclic amines) is 1. The van der Waals surface area contributed by atoms with Crippen LogP contribution in [0, 0.1) is 5.92 Å². The first-order valence-electron chi connectivity index (χ1n) is 9.84. The molecule has 0 bridgehead atoms. The van der Waals surface area contributed by atoms with Gasteiger partial charge in [0.1, 0.15) is 11.6 Å². The third kappa shape index (κ3) is 5.91. The Labute approximate surface area is 170 Å². The molecule has 0 unspecified atom stereocenters. The summed E-state index contributed by atoms with van der Waals surface area (Å²) in [5, 5.41) is 6.40. The van der Waals surface area contributed by atoms with E-state index in [1.54, 1.807) is 41.5 Å². The lowest BCUT2D eigenvalue weighted by atomic mass is 10.0. The van der Waals surface area contributed by atoms with Gasteiger partial charge in [-0.15, -0.1) is 0 Å². The van der Waals surface area contributed by atoms with Crippen molar-refractivity contribution in [2.75, 3.05) is 13.2 Å². The second-order valence-electron chi connectivity index (χ2n) is 8.09. The van der Waals surface area contributed by atoms with Crippen molar-refractivity contribution in [3.8, 4) is 0 Å². The highest BCUT2D eigenvalue weighted by Gasteiger charge is 2.37. The van der Waals surface area contributed by atoms with E-state index in [4.69, 9.17) is 14.0 Å². The fraction of sp³-hybridized carbons (Fsp3) is 0.737. The van der Waals surface area contributed by atoms with E-state index >= 15 is 0 Å². The zero-order chi connectivity index (χ0) is 21.8. The van der Waals surface area contributed by atoms with Gasteiger partial charge < -0.3 is 19.3 Å². The van der Waals surface area contributed by atoms with Gasteiger partial charge in [0.05, 0.1) is 12.5 Å². The highest BCUT2D eigenvalue weighted by molar-refractivity contribution is 5.90. The number of rotatable bonds is 6. The Bertz CT molecular complexity index is 741. The van der Waals surface area contributed by atoms with Crippen molar-refractivity contribution in [2.45, 2.75) is 72.1 Å². The molecule has 162 valence electrons. The molecule has 2 rings (SSSR count). The molecule has 0 radical (unpaired) electrons. The van der Waals surface area contributed by atoms with E-state index in [2.05, 4.69) is 15.5 Å². The van der Waals surface area contributed by atoms with Gasteiger partial charge in [-0.1, -0.05) is 5.16 Å². The summed E-state index contributed by atoms with van der Waals surface area (Å²) in [5.41, 5.74) is -0.615. The summed E-state index contributed by atoms with van der Waals surface area (Å²) in [6.07, 6.45) is 0.946. The molecule has 1 aromatic heterocycles. The van der Waals surface area contributed by atoms with Gasteiger partial charge in [0.15, 0.2) is 0 Å². The number of nitrogens with one attached hydrogen (secondary N) is 1. The van der Waals surface area contributed by atoms with Crippen LogP contribution in [0.2, 0.25) is 0 Å². The summed E-state index contributed by atoms with van der Waals surface area (Å²) in [4.78, 5) is 42.3. The molecule has 1 aliphatic heterocycles. The monoisotopic (exact) mass is 410 g/mol. The SMILES string of the molecule is CCOC(=O)[C@H](C)[C@@H](C)NC(=O)c1noc([C@H]2CCCN2C(=O)OC(C)(C)C)n1. The Morgan fingerprint density at radius 2 is 2.00 bits per heavy atom. The van der Waals surface area contributed by atoms with Crippen LogP contribution in [0.5, 0.6) is 0 Å². The third-order valence-corrected chi connectivity index (χ3v) is 4.58. The Hall–Kier alpha value is -2.65. The van der Waals surface area contributed by atoms with Crippen LogP contribution in [0.25, 0.3) is 0 Å². The van der Waals surface area contributed by atoms with Crippen LogP contribution in [0.3, 0.4) is 0 Å². The lowest BCUT2D eigenvalue weighted by molar-refractivity contribution is -0.148. The molecule has 1 aliphatic rings. The average Bonchev–Trinajstić information content (AvgIpc) is 3.28. The van der Waals surface area contributed by atoms with Crippen LogP contribution in [-0.2, 0) is 14.3 Å². The molecule has 1 fully saturated rings. The molecular weight excluding hydrogens is 380 g/mol. The number of ether oxygens (including phenoxy) is 2. The molecule has 10 heteroatoms. The maximum Gasteiger partial charge on any atom is 0.410 e. The topological polar surface area (TPSA) is 124 Å². The molecule has 3 atom stereocenters. The first kappa shape index (κ1) is 22.6. The minimum atomic E-state index is -0.615. The number of nitrogens with zero attached hydrogens (tertiary/aromatic N) is 3. The van der Waals surface area contributed by atoms with E-state index in [0.717, 1.165) is 6.42 Å². The van der Waals surface area contributed by atoms with Crippen molar-refractivity contribution in [3.05, 3.63) is 11.7 Å². The molecule has 2 amide bonds. The number of esters is 1. The summed E-state index contributed by atoms with van der Waals surface area (Å²) >= 11 is 0. The Morgan fingerprint density at radius 3 is 2.62 bits per heavy atom. The lowest BCUT2D eigenvalue weighted by Crippen LogP contribution is -2.41. The van der Waals surface area contributed by atoms with Gasteiger partial charge >= 0.3 is 12.1 Å². The third-order valence-electron chi connectivity index (χ3n) is 4.58. The number of carbonyl (C=O) groups excluding carboxylic acids is 3. The predicted octanol–water partition coefficient (Wildman–Crippen LogP) is 2.46. The molecule has 1 aromatic rings. The van der Waals surface area contributed by atoms with E-state index in [9.17, 15) is 14.4 Å². The number of amides is 2. The molecule has 2 heterocycles. The molecule has 10 nitrogen and oxygen atoms in total. The maximum absolute atomic E-state index is 12.4. The van der Waals surface area contributed by atoms with Crippen LogP contribution in [-0.4, -0.2) is 57.8 Å². The molecule has 0 saturated carbocycles. The van der Waals surface area contributed by atoms with E-state index in [1.165, 1.54) is 4.90 Å². The molecular formula is C19H30N4O6. The Kier molecular flexibility index (Phi) is 7.21. The molecule has 0 spiro atoms. The van der Waals surface area contributed by atoms with Crippen molar-refractivity contribution in [1.29, 1.82) is 0 Å². The molecule has 0 aromatic carbocycles. The number of aromatic nitrogens is 2. The molecule has 1 saturated heterocycles. The largest absolute Gasteiger partial charge is 0.466 e. The second kappa shape index (κ2) is 9.23. The highest BCUT2D eigenvalue weighted by Crippen LogP contribution is 2.32. The van der Waals surface area contributed by atoms with E-state index in [0.29, 0.717) is 13.0 Å². The van der Waals surface area contributed by atoms with Gasteiger partial charge in [-0.25, -0.2) is 4.79 Å². The van der Waals surface area contributed by atoms with Gasteiger partial charge in [-0.3, -0.25) is 14.5 Å². The van der Waals surface area contributed by atoms with E-state index < -0.39 is 41.6 Å². The van der Waals surface area contributed by atoms with E-state index in [1.807, 2.05) is 0 Å². The van der Waals surface area contributed by atoms with Crippen LogP contribution < -0.4 is 5.32 Å². The Balaban J connectivity index is 2.03. The molecule has 0 aliphatic carbocycles. The van der Waals surface area contributed by atoms with Crippen molar-refractivity contribution < 1.29 is 28.4 Å². The first-order valence-corrected chi connectivity index (χ1v) is 9.84. The number of hydrogen-bond acceptors (Lipinski definition) is 8. The van der Waals surface area contributed by atoms with Gasteiger partial charge in [-0.05, 0) is 54.4 Å². The fourth-order valence-electron chi connectivity index (χ4n) is 2.90. The molecule has 1 N–H and O–H groups in total. The summed E-state index contributed by atoms with van der Waals surface area (Å²) < 4.78 is 15.6. The summed E-state index contributed by atoms with van der Waals surface area (Å²) in [6, 6.07) is -0.914. The number of carbonyl (C=O) groups is 3. The van der Waals surface area contributed by atoms with Gasteiger partial charge in [0, 0.05) is 12.6 Å². The Morgan fingerprint density at radius 1 is 1.31 bits per heavy atom. The standard InChI is InChI=1S/C19H30N4O6/c1-7-27-17(25)11(2)12(3)20-15(24)14-21-16(29-22-14)13-9-8-10-23(13)18(26)28-19(4,5)6/h11-13H,7-10H2,1-6H3,(H,20,24)/t11-,12-,13-/m1/s1. The summed E-state index contributed by atoms with van der Waals surface area (Å²) in [7, 11) is 0. The second-order valence-corrected chi connectivity index (χ2v) is 8.09. The molecule has 29 heavy (non-hydrogen) atoms. The van der Waals surface area contributed by atoms with Crippen molar-refractivity contribution in [2.24, 2.45) is 5.92 Å². The highest BCUT2D eigenvalue weighted by atomic mass is 16.6. The van der Waals surface area contributed by atoms with Crippen LogP contribution >= 0.6 is 0 Å². The van der Waals surface area contributed by atoms with Crippen LogP contribution in [0.4, 0.5) is 4.79 Å². The van der Waals surface area contributed by atoms with Gasteiger partial charge in [0.25, 0.3) is 11.7 Å². The normalized spacial score (nSPS) is 18.8. The first-order chi connectivity index (χ1) is 13.5. The maximum atomic E-state index is 12.4. The number of hydrogen-bond donors (Lipinski definition) is 1. The summed E-state index contributed by atoms with van der Waals surface area (Å²) in [5.74, 6) is -1.45. The van der Waals surface area contributed by atoms with Gasteiger partial charge in [0.2, 0.25) is 5.89 Å². The van der Waals surface area contributed by atoms with Crippen molar-refractivity contribution in [1.82, 2.24) is 20.4 Å². The lowest BCUT2D eigenvalue weighted by Gasteiger charge is -2.26. The predicted molar refractivity (Wildman–Crippen MR) is 102 cm³/mol. The summed E-state index contributed by atoms with van der Waals surface area (Å²) in [6.45, 7) is 11.3. The van der Waals surface area contributed by atoms with E-state index in [-0.39, 0.29) is 18.3 Å². The van der Waals surface area contributed by atoms with Crippen molar-refractivity contribution in [3.63, 3.8) is 0 Å². The van der Waals surface area contributed by atoms with Gasteiger partial charge in [-0.2, -0.15) is 4.98 Å². The fourth-order valence-corrected chi connectivity index (χ4v) is 2.90. The minimum Gasteiger partial charge on any atom is -0.466 e. The zero-order valence-electron chi connectivity index (χ0n) is 17.9. The smallest absolute Gasteiger partial charge is 0.410 e. The average molecular weight is 410 g/mol. The quantitative estimate of drug-likeness (QED) is 0.709.